The number of likely N-dealkylation sites (tertiary alicyclic amines) is 1. The van der Waals surface area contributed by atoms with E-state index < -0.39 is 54.3 Å². The highest BCUT2D eigenvalue weighted by molar-refractivity contribution is 5.90. The third-order valence-electron chi connectivity index (χ3n) is 11.4. The number of ether oxygens (including phenoxy) is 3. The molecule has 1 aromatic carbocycles. The lowest BCUT2D eigenvalue weighted by Gasteiger charge is -2.40. The second-order valence-corrected chi connectivity index (χ2v) is 15.9. The summed E-state index contributed by atoms with van der Waals surface area (Å²) in [7, 11) is 9.79. The van der Waals surface area contributed by atoms with Crippen molar-refractivity contribution >= 4 is 29.6 Å². The van der Waals surface area contributed by atoms with Gasteiger partial charge in [-0.25, -0.2) is 4.79 Å². The Morgan fingerprint density at radius 3 is 2.09 bits per heavy atom. The molecule has 0 aromatic heterocycles. The van der Waals surface area contributed by atoms with Crippen LogP contribution in [0.1, 0.15) is 85.1 Å². The fraction of sp³-hybridized carbons (Fsp3) is 0.738. The highest BCUT2D eigenvalue weighted by Gasteiger charge is 2.43. The van der Waals surface area contributed by atoms with E-state index in [0.29, 0.717) is 38.8 Å². The van der Waals surface area contributed by atoms with Gasteiger partial charge in [-0.05, 0) is 70.1 Å². The number of unbranched alkanes of at least 4 members (excludes halogenated alkanes) is 1. The Morgan fingerprint density at radius 2 is 1.55 bits per heavy atom. The molecule has 1 heterocycles. The Morgan fingerprint density at radius 1 is 0.911 bits per heavy atom. The van der Waals surface area contributed by atoms with E-state index >= 15 is 0 Å². The number of nitrogens with one attached hydrogen (secondary N) is 2. The molecule has 1 aromatic rings. The van der Waals surface area contributed by atoms with Crippen LogP contribution < -0.4 is 16.4 Å². The van der Waals surface area contributed by atoms with E-state index in [1.54, 1.807) is 30.9 Å². The molecule has 318 valence electrons. The number of likely N-dealkylation sites (N-methyl/N-ethyl adjacent to an activating group) is 2. The van der Waals surface area contributed by atoms with Crippen LogP contribution in [0.25, 0.3) is 0 Å². The van der Waals surface area contributed by atoms with Gasteiger partial charge in [0.15, 0.2) is 0 Å². The minimum Gasteiger partial charge on any atom is -0.467 e. The van der Waals surface area contributed by atoms with Gasteiger partial charge >= 0.3 is 5.97 Å². The van der Waals surface area contributed by atoms with Crippen LogP contribution in [-0.4, -0.2) is 142 Å². The molecular weight excluding hydrogens is 716 g/mol. The number of carbonyl (C=O) groups is 5. The molecule has 1 aliphatic heterocycles. The van der Waals surface area contributed by atoms with Gasteiger partial charge in [-0.2, -0.15) is 0 Å². The molecule has 1 aliphatic rings. The van der Waals surface area contributed by atoms with Crippen LogP contribution in [0.3, 0.4) is 0 Å². The summed E-state index contributed by atoms with van der Waals surface area (Å²) in [4.78, 5) is 73.8. The second kappa shape index (κ2) is 24.2. The molecule has 0 bridgehead atoms. The Labute approximate surface area is 335 Å². The molecule has 0 aliphatic carbocycles. The zero-order valence-electron chi connectivity index (χ0n) is 35.9. The summed E-state index contributed by atoms with van der Waals surface area (Å²) in [5, 5.41) is 5.91. The van der Waals surface area contributed by atoms with Crippen molar-refractivity contribution in [1.29, 1.82) is 0 Å². The molecule has 1 saturated heterocycles. The van der Waals surface area contributed by atoms with Gasteiger partial charge in [0.1, 0.15) is 12.1 Å². The van der Waals surface area contributed by atoms with Crippen LogP contribution in [-0.2, 0) is 44.6 Å². The predicted octanol–water partition coefficient (Wildman–Crippen LogP) is 3.01. The molecule has 1 fully saturated rings. The monoisotopic (exact) mass is 789 g/mol. The number of benzene rings is 1. The first-order valence-corrected chi connectivity index (χ1v) is 20.3. The maximum atomic E-state index is 14.4. The number of nitrogens with two attached hydrogens (primary N) is 1. The average Bonchev–Trinajstić information content (AvgIpc) is 3.66. The van der Waals surface area contributed by atoms with E-state index in [0.717, 1.165) is 18.4 Å². The highest BCUT2D eigenvalue weighted by Crippen LogP contribution is 2.30. The zero-order chi connectivity index (χ0) is 42.1. The van der Waals surface area contributed by atoms with Crippen molar-refractivity contribution in [3.05, 3.63) is 35.9 Å². The van der Waals surface area contributed by atoms with Crippen LogP contribution in [0.2, 0.25) is 0 Å². The molecule has 4 N–H and O–H groups in total. The van der Waals surface area contributed by atoms with E-state index in [2.05, 4.69) is 10.6 Å². The van der Waals surface area contributed by atoms with Crippen LogP contribution in [0.15, 0.2) is 30.3 Å². The zero-order valence-corrected chi connectivity index (χ0v) is 35.9. The molecule has 14 nitrogen and oxygen atoms in total. The van der Waals surface area contributed by atoms with E-state index in [1.807, 2.05) is 77.0 Å². The summed E-state index contributed by atoms with van der Waals surface area (Å²) in [6, 6.07) is 6.42. The number of rotatable bonds is 24. The number of methoxy groups -OCH3 is 3. The van der Waals surface area contributed by atoms with E-state index in [1.165, 1.54) is 14.2 Å². The minimum absolute atomic E-state index is 0.00161. The van der Waals surface area contributed by atoms with Gasteiger partial charge in [0.2, 0.25) is 23.6 Å². The lowest BCUT2D eigenvalue weighted by atomic mass is 9.89. The molecule has 14 heteroatoms. The van der Waals surface area contributed by atoms with Crippen molar-refractivity contribution in [3.8, 4) is 0 Å². The largest absolute Gasteiger partial charge is 0.467 e. The quantitative estimate of drug-likeness (QED) is 0.105. The SMILES string of the molecule is CC[C@H](C)[C@@H]([C@@H](CC(=O)N1CCC[C@H]1[C@H](OC)[C@@H](C)C(=O)N[C@@H](Cc1ccccc1)C(=O)OC)OC)N(C)C(=O)[C@H](CCCCN)NC(=O)C(C(C)C)N(C)C. The molecule has 0 saturated carbocycles. The lowest BCUT2D eigenvalue weighted by Crippen LogP contribution is -2.58. The maximum Gasteiger partial charge on any atom is 0.328 e. The standard InChI is InChI=1S/C42H72N6O8/c1-12-28(4)37(47(8)41(52)31(21-16-17-23-43)44-40(51)36(27(2)3)46(6)7)34(54-9)26-35(49)48-24-18-22-33(48)38(55-10)29(5)39(50)45-32(42(53)56-11)25-30-19-14-13-15-20-30/h13-15,19-20,27-29,31-34,36-38H,12,16-18,21-26,43H2,1-11H3,(H,44,51)(H,45,50)/t28-,29+,31-,32-,33-,34+,36?,37-,38+/m0/s1. The smallest absolute Gasteiger partial charge is 0.328 e. The van der Waals surface area contributed by atoms with Crippen molar-refractivity contribution in [2.24, 2.45) is 23.5 Å². The molecule has 0 spiro atoms. The summed E-state index contributed by atoms with van der Waals surface area (Å²) < 4.78 is 17.0. The van der Waals surface area contributed by atoms with Crippen molar-refractivity contribution in [3.63, 3.8) is 0 Å². The average molecular weight is 789 g/mol. The second-order valence-electron chi connectivity index (χ2n) is 15.9. The van der Waals surface area contributed by atoms with E-state index in [9.17, 15) is 24.0 Å². The van der Waals surface area contributed by atoms with Crippen molar-refractivity contribution in [2.75, 3.05) is 55.6 Å². The maximum absolute atomic E-state index is 14.4. The van der Waals surface area contributed by atoms with Gasteiger partial charge in [-0.3, -0.25) is 24.1 Å². The predicted molar refractivity (Wildman–Crippen MR) is 217 cm³/mol. The van der Waals surface area contributed by atoms with Gasteiger partial charge < -0.3 is 40.4 Å². The number of hydrogen-bond acceptors (Lipinski definition) is 10. The molecule has 2 rings (SSSR count). The van der Waals surface area contributed by atoms with Gasteiger partial charge in [0.25, 0.3) is 0 Å². The Hall–Kier alpha value is -3.59. The summed E-state index contributed by atoms with van der Waals surface area (Å²) in [6.07, 6.45) is 2.85. The summed E-state index contributed by atoms with van der Waals surface area (Å²) in [5.74, 6) is -2.28. The summed E-state index contributed by atoms with van der Waals surface area (Å²) in [5.41, 5.74) is 6.66. The van der Waals surface area contributed by atoms with E-state index in [-0.39, 0.29) is 48.3 Å². The van der Waals surface area contributed by atoms with Gasteiger partial charge in [0, 0.05) is 34.2 Å². The van der Waals surface area contributed by atoms with Gasteiger partial charge in [-0.1, -0.05) is 71.4 Å². The molecular formula is C42H72N6O8. The molecule has 56 heavy (non-hydrogen) atoms. The Balaban J connectivity index is 2.30. The van der Waals surface area contributed by atoms with Crippen molar-refractivity contribution in [1.82, 2.24) is 25.3 Å². The lowest BCUT2D eigenvalue weighted by molar-refractivity contribution is -0.148. The highest BCUT2D eigenvalue weighted by atomic mass is 16.5. The first-order valence-electron chi connectivity index (χ1n) is 20.3. The molecule has 1 unspecified atom stereocenters. The number of esters is 1. The van der Waals surface area contributed by atoms with Crippen molar-refractivity contribution < 1.29 is 38.2 Å². The normalized spacial score (nSPS) is 18.7. The third-order valence-corrected chi connectivity index (χ3v) is 11.4. The van der Waals surface area contributed by atoms with Crippen molar-refractivity contribution in [2.45, 2.75) is 128 Å². The first-order chi connectivity index (χ1) is 26.6. The number of nitrogens with zero attached hydrogens (tertiary/aromatic N) is 3. The van der Waals surface area contributed by atoms with Gasteiger partial charge in [0.05, 0.1) is 49.8 Å². The summed E-state index contributed by atoms with van der Waals surface area (Å²) in [6.45, 7) is 10.7. The van der Waals surface area contributed by atoms with Crippen LogP contribution in [0.4, 0.5) is 0 Å². The van der Waals surface area contributed by atoms with E-state index in [4.69, 9.17) is 19.9 Å². The van der Waals surface area contributed by atoms with Crippen LogP contribution in [0.5, 0.6) is 0 Å². The topological polar surface area (TPSA) is 173 Å². The number of carbonyl (C=O) groups excluding carboxylic acids is 5. The Kier molecular flexibility index (Phi) is 21.0. The minimum atomic E-state index is -0.894. The fourth-order valence-corrected chi connectivity index (χ4v) is 8.18. The first kappa shape index (κ1) is 48.6. The third kappa shape index (κ3) is 13.5. The Bertz CT molecular complexity index is 1370. The van der Waals surface area contributed by atoms with Crippen LogP contribution >= 0.6 is 0 Å². The van der Waals surface area contributed by atoms with Crippen LogP contribution in [0, 0.1) is 17.8 Å². The van der Waals surface area contributed by atoms with Gasteiger partial charge in [-0.15, -0.1) is 0 Å². The molecule has 4 amide bonds. The fourth-order valence-electron chi connectivity index (χ4n) is 8.18. The number of hydrogen-bond donors (Lipinski definition) is 3. The molecule has 0 radical (unpaired) electrons. The summed E-state index contributed by atoms with van der Waals surface area (Å²) >= 11 is 0. The number of amides is 4. The molecule has 9 atom stereocenters.